The first-order valence-corrected chi connectivity index (χ1v) is 14.3. The highest BCUT2D eigenvalue weighted by molar-refractivity contribution is 5.65. The average molecular weight is 515 g/mol. The normalized spacial score (nSPS) is 18.9. The molecule has 0 spiro atoms. The number of aromatic nitrogens is 2. The Morgan fingerprint density at radius 1 is 1.00 bits per heavy atom. The summed E-state index contributed by atoms with van der Waals surface area (Å²) in [5.41, 5.74) is 9.52. The summed E-state index contributed by atoms with van der Waals surface area (Å²) in [7, 11) is 0. The first-order chi connectivity index (χ1) is 18.1. The Labute approximate surface area is 225 Å². The van der Waals surface area contributed by atoms with E-state index in [9.17, 15) is 0 Å². The molecule has 3 fully saturated rings. The number of morpholine rings is 1. The summed E-state index contributed by atoms with van der Waals surface area (Å²) in [6, 6.07) is 8.57. The molecule has 37 heavy (non-hydrogen) atoms. The predicted octanol–water partition coefficient (Wildman–Crippen LogP) is 6.39. The fraction of sp³-hybridized carbons (Fsp3) is 0.667. The lowest BCUT2D eigenvalue weighted by Gasteiger charge is -2.29. The van der Waals surface area contributed by atoms with E-state index in [1.54, 1.807) is 0 Å². The third-order valence-electron chi connectivity index (χ3n) is 6.35. The highest BCUT2D eigenvalue weighted by Crippen LogP contribution is 2.33. The van der Waals surface area contributed by atoms with E-state index in [2.05, 4.69) is 54.9 Å². The number of ether oxygens (including phenoxy) is 3. The van der Waals surface area contributed by atoms with Crippen LogP contribution in [0, 0.1) is 6.92 Å². The molecule has 208 valence electrons. The van der Waals surface area contributed by atoms with Crippen LogP contribution in [0.25, 0.3) is 11.4 Å². The van der Waals surface area contributed by atoms with E-state index < -0.39 is 0 Å². The van der Waals surface area contributed by atoms with E-state index in [4.69, 9.17) is 24.9 Å². The van der Waals surface area contributed by atoms with Crippen LogP contribution in [0.2, 0.25) is 0 Å². The molecule has 0 amide bonds. The van der Waals surface area contributed by atoms with Gasteiger partial charge in [-0.05, 0) is 50.2 Å². The van der Waals surface area contributed by atoms with Crippen molar-refractivity contribution >= 4 is 11.6 Å². The molecule has 3 aliphatic rings. The molecular formula is C30H50N4O3. The van der Waals surface area contributed by atoms with Crippen molar-refractivity contribution in [2.24, 2.45) is 0 Å². The van der Waals surface area contributed by atoms with Crippen molar-refractivity contribution in [1.29, 1.82) is 0 Å². The van der Waals surface area contributed by atoms with E-state index >= 15 is 0 Å². The zero-order valence-corrected chi connectivity index (χ0v) is 24.1. The smallest absolute Gasteiger partial charge is 0.163 e. The van der Waals surface area contributed by atoms with Gasteiger partial charge in [-0.25, -0.2) is 9.97 Å². The van der Waals surface area contributed by atoms with Gasteiger partial charge in [0.25, 0.3) is 0 Å². The molecule has 2 aromatic rings. The van der Waals surface area contributed by atoms with Crippen molar-refractivity contribution in [2.75, 3.05) is 56.8 Å². The molecule has 3 aliphatic heterocycles. The Kier molecular flexibility index (Phi) is 14.5. The van der Waals surface area contributed by atoms with E-state index in [1.165, 1.54) is 24.8 Å². The molecule has 2 atom stereocenters. The fourth-order valence-corrected chi connectivity index (χ4v) is 4.24. The highest BCUT2D eigenvalue weighted by atomic mass is 16.6. The van der Waals surface area contributed by atoms with Gasteiger partial charge >= 0.3 is 0 Å². The maximum Gasteiger partial charge on any atom is 0.163 e. The van der Waals surface area contributed by atoms with Crippen molar-refractivity contribution in [2.45, 2.75) is 85.7 Å². The van der Waals surface area contributed by atoms with Crippen LogP contribution < -0.4 is 10.6 Å². The number of hydrogen-bond acceptors (Lipinski definition) is 7. The van der Waals surface area contributed by atoms with E-state index in [-0.39, 0.29) is 0 Å². The molecule has 0 bridgehead atoms. The number of anilines is 2. The van der Waals surface area contributed by atoms with Crippen LogP contribution in [0.4, 0.5) is 11.6 Å². The monoisotopic (exact) mass is 514 g/mol. The molecule has 2 N–H and O–H groups in total. The van der Waals surface area contributed by atoms with Crippen LogP contribution in [-0.4, -0.2) is 62.2 Å². The van der Waals surface area contributed by atoms with Crippen molar-refractivity contribution in [3.05, 3.63) is 35.4 Å². The van der Waals surface area contributed by atoms with Gasteiger partial charge in [-0.15, -0.1) is 0 Å². The molecule has 7 heteroatoms. The van der Waals surface area contributed by atoms with Gasteiger partial charge in [0, 0.05) is 37.4 Å². The second-order valence-electron chi connectivity index (χ2n) is 9.43. The van der Waals surface area contributed by atoms with Crippen molar-refractivity contribution in [1.82, 2.24) is 9.97 Å². The fourth-order valence-electron chi connectivity index (χ4n) is 4.24. The number of hydrogen-bond donors (Lipinski definition) is 1. The topological polar surface area (TPSA) is 86.0 Å². The first kappa shape index (κ1) is 31.0. The van der Waals surface area contributed by atoms with E-state index in [0.717, 1.165) is 75.9 Å². The lowest BCUT2D eigenvalue weighted by Crippen LogP contribution is -2.37. The van der Waals surface area contributed by atoms with Crippen LogP contribution >= 0.6 is 0 Å². The van der Waals surface area contributed by atoms with Crippen molar-refractivity contribution in [3.8, 4) is 11.4 Å². The van der Waals surface area contributed by atoms with E-state index in [1.807, 2.05) is 20.8 Å². The number of rotatable bonds is 6. The van der Waals surface area contributed by atoms with Gasteiger partial charge in [-0.1, -0.05) is 59.2 Å². The Morgan fingerprint density at radius 3 is 2.16 bits per heavy atom. The molecule has 3 saturated heterocycles. The summed E-state index contributed by atoms with van der Waals surface area (Å²) in [6.45, 7) is 18.5. The minimum Gasteiger partial charge on any atom is -0.383 e. The minimum absolute atomic E-state index is 0.429. The van der Waals surface area contributed by atoms with Gasteiger partial charge in [0.05, 0.1) is 25.9 Å². The third-order valence-corrected chi connectivity index (χ3v) is 6.35. The molecule has 0 aliphatic carbocycles. The Balaban J connectivity index is 0.000000411. The predicted molar refractivity (Wildman–Crippen MR) is 154 cm³/mol. The maximum atomic E-state index is 6.24. The molecule has 0 radical (unpaired) electrons. The molecular weight excluding hydrogens is 464 g/mol. The van der Waals surface area contributed by atoms with E-state index in [0.29, 0.717) is 23.7 Å². The Bertz CT molecular complexity index is 887. The zero-order chi connectivity index (χ0) is 27.0. The average Bonchev–Trinajstić information content (AvgIpc) is 3.55. The van der Waals surface area contributed by atoms with Crippen LogP contribution in [0.15, 0.2) is 24.3 Å². The van der Waals surface area contributed by atoms with Crippen LogP contribution in [0.1, 0.15) is 83.8 Å². The SMILES string of the molecule is C1CCOC1.CC.CCC.CCC(CC1CO1)c1cccc(-c2nc(N)c(C)c(N3CCOCC3)n2)c1. The van der Waals surface area contributed by atoms with Crippen LogP contribution in [0.3, 0.4) is 0 Å². The first-order valence-electron chi connectivity index (χ1n) is 14.3. The quantitative estimate of drug-likeness (QED) is 0.447. The molecule has 0 saturated carbocycles. The number of nitrogens with two attached hydrogens (primary N) is 1. The number of epoxide rings is 1. The summed E-state index contributed by atoms with van der Waals surface area (Å²) in [5, 5.41) is 0. The standard InChI is InChI=1S/C21H28N4O2.C4H8O.C3H8.C2H6/c1-3-15(12-18-13-27-18)16-5-4-6-17(11-16)20-23-19(22)14(2)21(24-20)25-7-9-26-10-8-25;1-2-4-5-3-1;1-3-2;1-2/h4-6,11,15,18H,3,7-10,12-13H2,1-2H3,(H2,22,23,24);1-4H2;3H2,1-2H3;1-2H3. The third kappa shape index (κ3) is 10.2. The zero-order valence-electron chi connectivity index (χ0n) is 24.1. The van der Waals surface area contributed by atoms with Crippen LogP contribution in [0.5, 0.6) is 0 Å². The molecule has 2 unspecified atom stereocenters. The molecule has 1 aromatic heterocycles. The largest absolute Gasteiger partial charge is 0.383 e. The summed E-state index contributed by atoms with van der Waals surface area (Å²) >= 11 is 0. The van der Waals surface area contributed by atoms with Gasteiger partial charge in [-0.3, -0.25) is 0 Å². The van der Waals surface area contributed by atoms with Crippen LogP contribution in [-0.2, 0) is 14.2 Å². The van der Waals surface area contributed by atoms with Gasteiger partial charge < -0.3 is 24.8 Å². The highest BCUT2D eigenvalue weighted by Gasteiger charge is 2.27. The summed E-state index contributed by atoms with van der Waals surface area (Å²) < 4.78 is 15.8. The van der Waals surface area contributed by atoms with Crippen molar-refractivity contribution in [3.63, 3.8) is 0 Å². The lowest BCUT2D eigenvalue weighted by molar-refractivity contribution is 0.122. The van der Waals surface area contributed by atoms with Crippen molar-refractivity contribution < 1.29 is 14.2 Å². The van der Waals surface area contributed by atoms with Gasteiger partial charge in [-0.2, -0.15) is 0 Å². The number of nitrogen functional groups attached to an aromatic ring is 1. The second kappa shape index (κ2) is 17.3. The van der Waals surface area contributed by atoms with Gasteiger partial charge in [0.15, 0.2) is 5.82 Å². The summed E-state index contributed by atoms with van der Waals surface area (Å²) in [4.78, 5) is 11.7. The van der Waals surface area contributed by atoms with Gasteiger partial charge in [0.2, 0.25) is 0 Å². The number of benzene rings is 1. The minimum atomic E-state index is 0.429. The molecule has 4 heterocycles. The molecule has 5 rings (SSSR count). The maximum absolute atomic E-state index is 6.24. The molecule has 1 aromatic carbocycles. The summed E-state index contributed by atoms with van der Waals surface area (Å²) in [6.07, 6.45) is 6.41. The lowest BCUT2D eigenvalue weighted by atomic mass is 9.91. The van der Waals surface area contributed by atoms with Gasteiger partial charge in [0.1, 0.15) is 11.6 Å². The Hall–Kier alpha value is -2.22. The number of nitrogens with zero attached hydrogens (tertiary/aromatic N) is 3. The Morgan fingerprint density at radius 2 is 1.62 bits per heavy atom. The molecule has 7 nitrogen and oxygen atoms in total. The second-order valence-corrected chi connectivity index (χ2v) is 9.43. The summed E-state index contributed by atoms with van der Waals surface area (Å²) in [5.74, 6) is 2.66.